The van der Waals surface area contributed by atoms with E-state index < -0.39 is 14.2 Å². The molecule has 2 N–H and O–H groups in total. The Morgan fingerprint density at radius 3 is 2.42 bits per heavy atom. The predicted octanol–water partition coefficient (Wildman–Crippen LogP) is 1.54. The van der Waals surface area contributed by atoms with Crippen molar-refractivity contribution in [2.45, 2.75) is 25.7 Å². The average Bonchev–Trinajstić information content (AvgIpc) is 2.30. The number of nitrogens with one attached hydrogen (secondary N) is 2. The SMILES string of the molecule is C[Si](C)(C)CCOC(=O)NCC(=O)NCOCCBr. The second-order valence-corrected chi connectivity index (χ2v) is 11.6. The molecule has 0 aromatic heterocycles. The Bertz CT molecular complexity index is 284. The van der Waals surface area contributed by atoms with Crippen LogP contribution < -0.4 is 10.6 Å². The zero-order chi connectivity index (χ0) is 14.7. The minimum absolute atomic E-state index is 0.108. The fraction of sp³-hybridized carbons (Fsp3) is 0.818. The Balaban J connectivity index is 3.53. The molecule has 8 heteroatoms. The number of alkyl halides is 1. The molecule has 0 unspecified atom stereocenters. The highest BCUT2D eigenvalue weighted by Crippen LogP contribution is 2.07. The summed E-state index contributed by atoms with van der Waals surface area (Å²) in [7, 11) is -1.20. The lowest BCUT2D eigenvalue weighted by molar-refractivity contribution is -0.121. The zero-order valence-electron chi connectivity index (χ0n) is 11.8. The van der Waals surface area contributed by atoms with Crippen molar-refractivity contribution in [1.82, 2.24) is 10.6 Å². The molecule has 0 aliphatic rings. The van der Waals surface area contributed by atoms with Gasteiger partial charge in [0.15, 0.2) is 0 Å². The van der Waals surface area contributed by atoms with Crippen LogP contribution in [-0.4, -0.2) is 51.9 Å². The lowest BCUT2D eigenvalue weighted by Crippen LogP contribution is -2.38. The van der Waals surface area contributed by atoms with Gasteiger partial charge >= 0.3 is 6.09 Å². The minimum atomic E-state index is -1.20. The first-order valence-electron chi connectivity index (χ1n) is 6.16. The molecule has 0 saturated carbocycles. The van der Waals surface area contributed by atoms with Gasteiger partial charge in [0.2, 0.25) is 5.91 Å². The Kier molecular flexibility index (Phi) is 9.89. The number of carbonyl (C=O) groups is 2. The monoisotopic (exact) mass is 354 g/mol. The maximum Gasteiger partial charge on any atom is 0.407 e. The van der Waals surface area contributed by atoms with Gasteiger partial charge in [-0.05, 0) is 6.04 Å². The van der Waals surface area contributed by atoms with Gasteiger partial charge in [-0.1, -0.05) is 35.6 Å². The van der Waals surface area contributed by atoms with Crippen LogP contribution in [0.15, 0.2) is 0 Å². The van der Waals surface area contributed by atoms with E-state index in [4.69, 9.17) is 9.47 Å². The number of amides is 2. The van der Waals surface area contributed by atoms with Crippen LogP contribution in [0, 0.1) is 0 Å². The van der Waals surface area contributed by atoms with E-state index in [0.29, 0.717) is 18.5 Å². The highest BCUT2D eigenvalue weighted by atomic mass is 79.9. The fourth-order valence-electron chi connectivity index (χ4n) is 0.974. The number of alkyl carbamates (subject to hydrolysis) is 1. The molecule has 2 amide bonds. The molecule has 0 fully saturated rings. The van der Waals surface area contributed by atoms with Crippen molar-refractivity contribution in [2.75, 3.05) is 31.8 Å². The summed E-state index contributed by atoms with van der Waals surface area (Å²) in [6, 6.07) is 0.910. The van der Waals surface area contributed by atoms with Gasteiger partial charge in [-0.25, -0.2) is 4.79 Å². The van der Waals surface area contributed by atoms with Crippen LogP contribution in [0.1, 0.15) is 0 Å². The van der Waals surface area contributed by atoms with E-state index in [1.54, 1.807) is 0 Å². The van der Waals surface area contributed by atoms with Gasteiger partial charge in [-0.2, -0.15) is 0 Å². The van der Waals surface area contributed by atoms with Gasteiger partial charge < -0.3 is 20.1 Å². The summed E-state index contributed by atoms with van der Waals surface area (Å²) in [4.78, 5) is 22.6. The lowest BCUT2D eigenvalue weighted by atomic mass is 10.6. The van der Waals surface area contributed by atoms with Crippen molar-refractivity contribution < 1.29 is 19.1 Å². The number of halogens is 1. The summed E-state index contributed by atoms with van der Waals surface area (Å²) in [5, 5.41) is 5.61. The van der Waals surface area contributed by atoms with E-state index in [2.05, 4.69) is 46.2 Å². The standard InChI is InChI=1S/C11H23BrN2O4Si/c1-19(2,3)7-6-18-11(16)13-8-10(15)14-9-17-5-4-12/h4-9H2,1-3H3,(H,13,16)(H,14,15). The van der Waals surface area contributed by atoms with Gasteiger partial charge in [0.25, 0.3) is 0 Å². The minimum Gasteiger partial charge on any atom is -0.450 e. The van der Waals surface area contributed by atoms with Crippen molar-refractivity contribution in [3.63, 3.8) is 0 Å². The Hall–Kier alpha value is -0.603. The zero-order valence-corrected chi connectivity index (χ0v) is 14.3. The molecule has 19 heavy (non-hydrogen) atoms. The number of rotatable bonds is 9. The van der Waals surface area contributed by atoms with Gasteiger partial charge in [0.1, 0.15) is 13.3 Å². The third-order valence-corrected chi connectivity index (χ3v) is 4.10. The summed E-state index contributed by atoms with van der Waals surface area (Å²) in [5.41, 5.74) is 0. The summed E-state index contributed by atoms with van der Waals surface area (Å²) >= 11 is 3.20. The maximum absolute atomic E-state index is 11.3. The molecule has 0 atom stereocenters. The largest absolute Gasteiger partial charge is 0.450 e. The van der Waals surface area contributed by atoms with E-state index in [-0.39, 0.29) is 19.2 Å². The quantitative estimate of drug-likeness (QED) is 0.285. The van der Waals surface area contributed by atoms with E-state index in [1.165, 1.54) is 0 Å². The van der Waals surface area contributed by atoms with Gasteiger partial charge in [0.05, 0.1) is 13.2 Å². The molecule has 0 heterocycles. The molecular formula is C11H23BrN2O4Si. The third kappa shape index (κ3) is 13.6. The van der Waals surface area contributed by atoms with E-state index in [9.17, 15) is 9.59 Å². The molecule has 0 bridgehead atoms. The van der Waals surface area contributed by atoms with Crippen molar-refractivity contribution in [3.05, 3.63) is 0 Å². The highest BCUT2D eigenvalue weighted by molar-refractivity contribution is 9.09. The first-order chi connectivity index (χ1) is 8.85. The number of ether oxygens (including phenoxy) is 2. The van der Waals surface area contributed by atoms with Crippen LogP contribution in [-0.2, 0) is 14.3 Å². The maximum atomic E-state index is 11.3. The first-order valence-corrected chi connectivity index (χ1v) is 11.0. The first kappa shape index (κ1) is 18.4. The molecule has 0 saturated heterocycles. The van der Waals surface area contributed by atoms with Crippen LogP contribution in [0.4, 0.5) is 4.79 Å². The van der Waals surface area contributed by atoms with Crippen LogP contribution in [0.25, 0.3) is 0 Å². The Morgan fingerprint density at radius 2 is 1.84 bits per heavy atom. The molecule has 112 valence electrons. The van der Waals surface area contributed by atoms with Gasteiger partial charge in [-0.3, -0.25) is 4.79 Å². The van der Waals surface area contributed by atoms with E-state index in [0.717, 1.165) is 6.04 Å². The van der Waals surface area contributed by atoms with Gasteiger partial charge in [-0.15, -0.1) is 0 Å². The molecule has 0 aromatic rings. The molecule has 0 spiro atoms. The molecule has 0 aliphatic heterocycles. The second-order valence-electron chi connectivity index (χ2n) is 5.14. The van der Waals surface area contributed by atoms with Crippen LogP contribution >= 0.6 is 15.9 Å². The summed E-state index contributed by atoms with van der Waals surface area (Å²) < 4.78 is 10.0. The number of hydrogen-bond donors (Lipinski definition) is 2. The molecule has 0 rings (SSSR count). The van der Waals surface area contributed by atoms with E-state index in [1.807, 2.05) is 0 Å². The van der Waals surface area contributed by atoms with Crippen molar-refractivity contribution in [3.8, 4) is 0 Å². The highest BCUT2D eigenvalue weighted by Gasteiger charge is 2.14. The molecular weight excluding hydrogens is 332 g/mol. The normalized spacial score (nSPS) is 10.9. The number of carbonyl (C=O) groups excluding carboxylic acids is 2. The average molecular weight is 355 g/mol. The van der Waals surface area contributed by atoms with Crippen molar-refractivity contribution >= 4 is 36.0 Å². The smallest absolute Gasteiger partial charge is 0.407 e. The Morgan fingerprint density at radius 1 is 1.16 bits per heavy atom. The number of hydrogen-bond acceptors (Lipinski definition) is 4. The lowest BCUT2D eigenvalue weighted by Gasteiger charge is -2.15. The fourth-order valence-corrected chi connectivity index (χ4v) is 1.92. The molecule has 0 aliphatic carbocycles. The van der Waals surface area contributed by atoms with Crippen molar-refractivity contribution in [1.29, 1.82) is 0 Å². The predicted molar refractivity (Wildman–Crippen MR) is 80.3 cm³/mol. The van der Waals surface area contributed by atoms with Crippen molar-refractivity contribution in [2.24, 2.45) is 0 Å². The summed E-state index contributed by atoms with van der Waals surface area (Å²) in [6.45, 7) is 7.56. The van der Waals surface area contributed by atoms with Gasteiger partial charge in [0, 0.05) is 13.4 Å². The van der Waals surface area contributed by atoms with Crippen LogP contribution in [0.2, 0.25) is 25.7 Å². The Labute approximate surface area is 123 Å². The summed E-state index contributed by atoms with van der Waals surface area (Å²) in [5.74, 6) is -0.309. The van der Waals surface area contributed by atoms with Crippen LogP contribution in [0.5, 0.6) is 0 Å². The molecule has 0 radical (unpaired) electrons. The second kappa shape index (κ2) is 10.2. The van der Waals surface area contributed by atoms with Crippen LogP contribution in [0.3, 0.4) is 0 Å². The van der Waals surface area contributed by atoms with E-state index >= 15 is 0 Å². The third-order valence-electron chi connectivity index (χ3n) is 2.07. The molecule has 6 nitrogen and oxygen atoms in total. The summed E-state index contributed by atoms with van der Waals surface area (Å²) in [6.07, 6.45) is -0.560. The molecule has 0 aromatic carbocycles. The topological polar surface area (TPSA) is 76.7 Å².